The molecule has 0 unspecified atom stereocenters. The zero-order valence-corrected chi connectivity index (χ0v) is 19.0. The highest BCUT2D eigenvalue weighted by molar-refractivity contribution is 6.10. The Kier molecular flexibility index (Phi) is 4.92. The van der Waals surface area contributed by atoms with Gasteiger partial charge < -0.3 is 9.64 Å². The van der Waals surface area contributed by atoms with Crippen molar-refractivity contribution >= 4 is 11.5 Å². The number of rotatable bonds is 5. The Bertz CT molecular complexity index is 1260. The zero-order chi connectivity index (χ0) is 24.3. The molecule has 0 atom stereocenters. The molecule has 0 radical (unpaired) electrons. The van der Waals surface area contributed by atoms with Gasteiger partial charge in [0.25, 0.3) is 0 Å². The summed E-state index contributed by atoms with van der Waals surface area (Å²) >= 11 is 0. The van der Waals surface area contributed by atoms with Crippen LogP contribution >= 0.6 is 0 Å². The van der Waals surface area contributed by atoms with Crippen LogP contribution < -0.4 is 9.64 Å². The number of nitrogens with zero attached hydrogens (tertiary/aromatic N) is 6. The molecule has 3 aromatic rings. The number of fused-ring (bicyclic) bond motifs is 1. The van der Waals surface area contributed by atoms with E-state index in [-0.39, 0.29) is 30.2 Å². The van der Waals surface area contributed by atoms with Crippen molar-refractivity contribution in [3.05, 3.63) is 59.6 Å². The molecule has 1 aliphatic carbocycles. The lowest BCUT2D eigenvalue weighted by Gasteiger charge is -2.40. The van der Waals surface area contributed by atoms with Gasteiger partial charge in [-0.05, 0) is 45.7 Å². The van der Waals surface area contributed by atoms with Crippen molar-refractivity contribution in [2.45, 2.75) is 57.5 Å². The average molecular weight is 471 g/mol. The second-order valence-corrected chi connectivity index (χ2v) is 9.66. The van der Waals surface area contributed by atoms with Gasteiger partial charge in [-0.3, -0.25) is 9.98 Å². The Morgan fingerprint density at radius 3 is 2.56 bits per heavy atom. The zero-order valence-electron chi connectivity index (χ0n) is 19.0. The molecule has 178 valence electrons. The average Bonchev–Trinajstić information content (AvgIpc) is 3.31. The Labute approximate surface area is 194 Å². The summed E-state index contributed by atoms with van der Waals surface area (Å²) in [5.74, 6) is 0.411. The van der Waals surface area contributed by atoms with Gasteiger partial charge in [-0.15, -0.1) is 10.2 Å². The quantitative estimate of drug-likeness (QED) is 0.561. The first-order valence-corrected chi connectivity index (χ1v) is 10.9. The molecule has 1 aliphatic heterocycles. The number of ether oxygens (including phenoxy) is 1. The summed E-state index contributed by atoms with van der Waals surface area (Å²) in [5, 5.41) is 15.9. The molecule has 2 aromatic heterocycles. The predicted molar refractivity (Wildman–Crippen MR) is 118 cm³/mol. The molecule has 0 saturated heterocycles. The molecule has 2 aliphatic rings. The van der Waals surface area contributed by atoms with E-state index in [9.17, 15) is 13.2 Å². The van der Waals surface area contributed by atoms with Gasteiger partial charge >= 0.3 is 6.18 Å². The van der Waals surface area contributed by atoms with Crippen molar-refractivity contribution in [1.82, 2.24) is 24.7 Å². The van der Waals surface area contributed by atoms with Crippen molar-refractivity contribution in [2.75, 3.05) is 11.4 Å². The van der Waals surface area contributed by atoms with Crippen LogP contribution in [0, 0.1) is 5.41 Å². The number of nitrogens with one attached hydrogen (secondary N) is 1. The number of anilines is 1. The lowest BCUT2D eigenvalue weighted by Crippen LogP contribution is -2.48. The molecule has 0 spiro atoms. The van der Waals surface area contributed by atoms with Gasteiger partial charge in [-0.25, -0.2) is 9.97 Å². The molecule has 1 fully saturated rings. The summed E-state index contributed by atoms with van der Waals surface area (Å²) in [5.41, 5.74) is 0.205. The van der Waals surface area contributed by atoms with E-state index >= 15 is 0 Å². The predicted octanol–water partition coefficient (Wildman–Crippen LogP) is 4.19. The molecule has 1 saturated carbocycles. The second-order valence-electron chi connectivity index (χ2n) is 9.66. The van der Waals surface area contributed by atoms with E-state index in [0.717, 1.165) is 17.4 Å². The van der Waals surface area contributed by atoms with E-state index in [1.807, 2.05) is 29.2 Å². The third-order valence-corrected chi connectivity index (χ3v) is 6.17. The third kappa shape index (κ3) is 4.10. The van der Waals surface area contributed by atoms with Crippen LogP contribution in [0.4, 0.5) is 19.0 Å². The SMILES string of the molecule is CC1(Oc2cccc(C(=N)c3cc(N4Cc5nnc(C(F)(F)F)n5C(C)(C)C4)ncn3)c2)CC1. The minimum Gasteiger partial charge on any atom is -0.488 e. The van der Waals surface area contributed by atoms with E-state index in [1.165, 1.54) is 6.33 Å². The van der Waals surface area contributed by atoms with Crippen LogP contribution in [0.2, 0.25) is 0 Å². The molecule has 8 nitrogen and oxygen atoms in total. The summed E-state index contributed by atoms with van der Waals surface area (Å²) in [6, 6.07) is 9.01. The number of aromatic nitrogens is 5. The lowest BCUT2D eigenvalue weighted by atomic mass is 10.0. The highest BCUT2D eigenvalue weighted by atomic mass is 19.4. The van der Waals surface area contributed by atoms with E-state index in [0.29, 0.717) is 22.8 Å². The highest BCUT2D eigenvalue weighted by Crippen LogP contribution is 2.40. The number of halogens is 3. The van der Waals surface area contributed by atoms with Gasteiger partial charge in [0.05, 0.1) is 23.5 Å². The Morgan fingerprint density at radius 1 is 1.09 bits per heavy atom. The molecule has 11 heteroatoms. The van der Waals surface area contributed by atoms with Crippen LogP contribution in [0.3, 0.4) is 0 Å². The maximum Gasteiger partial charge on any atom is 0.451 e. The van der Waals surface area contributed by atoms with Crippen LogP contribution in [-0.4, -0.2) is 42.6 Å². The van der Waals surface area contributed by atoms with Crippen molar-refractivity contribution in [3.8, 4) is 5.75 Å². The number of alkyl halides is 3. The fourth-order valence-electron chi connectivity index (χ4n) is 4.25. The number of hydrogen-bond acceptors (Lipinski definition) is 7. The maximum atomic E-state index is 13.4. The summed E-state index contributed by atoms with van der Waals surface area (Å²) in [4.78, 5) is 10.4. The Morgan fingerprint density at radius 2 is 1.85 bits per heavy atom. The van der Waals surface area contributed by atoms with Gasteiger partial charge in [0.1, 0.15) is 23.5 Å². The minimum absolute atomic E-state index is 0.109. The van der Waals surface area contributed by atoms with Crippen molar-refractivity contribution in [1.29, 1.82) is 5.41 Å². The topological polar surface area (TPSA) is 92.8 Å². The van der Waals surface area contributed by atoms with Crippen molar-refractivity contribution in [2.24, 2.45) is 0 Å². The highest BCUT2D eigenvalue weighted by Gasteiger charge is 2.45. The molecule has 1 aromatic carbocycles. The summed E-state index contributed by atoms with van der Waals surface area (Å²) in [7, 11) is 0. The number of hydrogen-bond donors (Lipinski definition) is 1. The minimum atomic E-state index is -4.59. The molecular formula is C23H24F3N7O. The van der Waals surface area contributed by atoms with E-state index < -0.39 is 17.5 Å². The molecular weight excluding hydrogens is 447 g/mol. The summed E-state index contributed by atoms with van der Waals surface area (Å²) in [6.07, 6.45) is -1.21. The Hall–Kier alpha value is -3.50. The maximum absolute atomic E-state index is 13.4. The third-order valence-electron chi connectivity index (χ3n) is 6.17. The van der Waals surface area contributed by atoms with Gasteiger partial charge in [0.2, 0.25) is 5.82 Å². The monoisotopic (exact) mass is 471 g/mol. The summed E-state index contributed by atoms with van der Waals surface area (Å²) < 4.78 is 47.4. The fourth-order valence-corrected chi connectivity index (χ4v) is 4.25. The Balaban J connectivity index is 1.41. The van der Waals surface area contributed by atoms with Gasteiger partial charge in [-0.1, -0.05) is 12.1 Å². The van der Waals surface area contributed by atoms with Crippen molar-refractivity contribution < 1.29 is 17.9 Å². The van der Waals surface area contributed by atoms with E-state index in [4.69, 9.17) is 10.1 Å². The van der Waals surface area contributed by atoms with Crippen LogP contribution in [0.5, 0.6) is 5.75 Å². The molecule has 1 N–H and O–H groups in total. The molecule has 0 amide bonds. The lowest BCUT2D eigenvalue weighted by molar-refractivity contribution is -0.149. The largest absolute Gasteiger partial charge is 0.488 e. The van der Waals surface area contributed by atoms with E-state index in [2.05, 4.69) is 27.1 Å². The first kappa shape index (κ1) is 22.3. The number of benzene rings is 1. The van der Waals surface area contributed by atoms with Crippen LogP contribution in [0.1, 0.15) is 56.5 Å². The van der Waals surface area contributed by atoms with Gasteiger partial charge in [0, 0.05) is 18.2 Å². The van der Waals surface area contributed by atoms with Gasteiger partial charge in [0.15, 0.2) is 5.82 Å². The first-order valence-electron chi connectivity index (χ1n) is 10.9. The smallest absolute Gasteiger partial charge is 0.451 e. The van der Waals surface area contributed by atoms with Gasteiger partial charge in [-0.2, -0.15) is 13.2 Å². The molecule has 0 bridgehead atoms. The summed E-state index contributed by atoms with van der Waals surface area (Å²) in [6.45, 7) is 5.83. The molecule has 3 heterocycles. The van der Waals surface area contributed by atoms with Crippen molar-refractivity contribution in [3.63, 3.8) is 0 Å². The molecule has 34 heavy (non-hydrogen) atoms. The molecule has 5 rings (SSSR count). The van der Waals surface area contributed by atoms with Crippen LogP contribution in [0.15, 0.2) is 36.7 Å². The van der Waals surface area contributed by atoms with Crippen LogP contribution in [-0.2, 0) is 18.3 Å². The fraction of sp³-hybridized carbons (Fsp3) is 0.435. The van der Waals surface area contributed by atoms with E-state index in [1.54, 1.807) is 19.9 Å². The standard InChI is InChI=1S/C23H24F3N7O/c1-21(2)12-32(11-18-30-31-20(33(18)21)23(24,25)26)17-10-16(28-13-29-17)19(27)14-5-4-6-15(9-14)34-22(3)7-8-22/h4-6,9-10,13,27H,7-8,11-12H2,1-3H3. The second kappa shape index (κ2) is 7.51. The normalized spacial score (nSPS) is 18.4. The first-order chi connectivity index (χ1) is 16.0. The van der Waals surface area contributed by atoms with Crippen LogP contribution in [0.25, 0.3) is 0 Å².